The Morgan fingerprint density at radius 1 is 0.852 bits per heavy atom. The van der Waals surface area contributed by atoms with Gasteiger partial charge in [0.25, 0.3) is 0 Å². The van der Waals surface area contributed by atoms with Gasteiger partial charge in [-0.05, 0) is 43.0 Å². The number of hydrogen-bond acceptors (Lipinski definition) is 2. The van der Waals surface area contributed by atoms with Crippen molar-refractivity contribution < 1.29 is 4.79 Å². The minimum Gasteiger partial charge on any atom is -0.352 e. The third-order valence-corrected chi connectivity index (χ3v) is 5.70. The standard InChI is InChI=1S/C24H25NOS/c1-19(17-18-20-11-5-2-6-12-20)25-24(26)23(21-13-7-3-8-14-21)27-22-15-9-4-10-16-22/h2-16,19,23H,17-18H2,1H3,(H,25,26)/t19-,23+/m1/s1. The molecule has 0 aliphatic heterocycles. The molecule has 3 rings (SSSR count). The number of carbonyl (C=O) groups is 1. The fourth-order valence-corrected chi connectivity index (χ4v) is 4.01. The second-order valence-corrected chi connectivity index (χ2v) is 7.83. The summed E-state index contributed by atoms with van der Waals surface area (Å²) in [5.74, 6) is 0.0654. The molecule has 0 bridgehead atoms. The summed E-state index contributed by atoms with van der Waals surface area (Å²) in [5.41, 5.74) is 2.33. The molecule has 2 atom stereocenters. The van der Waals surface area contributed by atoms with E-state index in [1.54, 1.807) is 11.8 Å². The van der Waals surface area contributed by atoms with Crippen molar-refractivity contribution >= 4 is 17.7 Å². The van der Waals surface area contributed by atoms with E-state index in [4.69, 9.17) is 0 Å². The second-order valence-electron chi connectivity index (χ2n) is 6.66. The summed E-state index contributed by atoms with van der Waals surface area (Å²) in [4.78, 5) is 14.1. The first kappa shape index (κ1) is 19.2. The van der Waals surface area contributed by atoms with E-state index in [1.165, 1.54) is 5.56 Å². The minimum absolute atomic E-state index is 0.0654. The van der Waals surface area contributed by atoms with E-state index in [0.29, 0.717) is 0 Å². The van der Waals surface area contributed by atoms with Crippen molar-refractivity contribution in [3.8, 4) is 0 Å². The van der Waals surface area contributed by atoms with Gasteiger partial charge in [-0.3, -0.25) is 4.79 Å². The molecule has 0 unspecified atom stereocenters. The zero-order valence-electron chi connectivity index (χ0n) is 15.5. The van der Waals surface area contributed by atoms with Crippen molar-refractivity contribution in [1.82, 2.24) is 5.32 Å². The number of carbonyl (C=O) groups excluding carboxylic acids is 1. The molecule has 0 aromatic heterocycles. The Morgan fingerprint density at radius 3 is 2.04 bits per heavy atom. The molecule has 2 nitrogen and oxygen atoms in total. The zero-order chi connectivity index (χ0) is 18.9. The highest BCUT2D eigenvalue weighted by atomic mass is 32.2. The van der Waals surface area contributed by atoms with Crippen molar-refractivity contribution in [2.75, 3.05) is 0 Å². The Morgan fingerprint density at radius 2 is 1.41 bits per heavy atom. The second kappa shape index (κ2) is 9.98. The smallest absolute Gasteiger partial charge is 0.238 e. The van der Waals surface area contributed by atoms with Gasteiger partial charge in [0, 0.05) is 10.9 Å². The summed E-state index contributed by atoms with van der Waals surface area (Å²) in [7, 11) is 0. The first-order valence-corrected chi connectivity index (χ1v) is 10.2. The summed E-state index contributed by atoms with van der Waals surface area (Å²) in [6.07, 6.45) is 1.89. The van der Waals surface area contributed by atoms with Gasteiger partial charge in [0.1, 0.15) is 5.25 Å². The lowest BCUT2D eigenvalue weighted by Crippen LogP contribution is -2.35. The third-order valence-electron chi connectivity index (χ3n) is 4.44. The SMILES string of the molecule is C[C@H](CCc1ccccc1)NC(=O)[C@@H](Sc1ccccc1)c1ccccc1. The van der Waals surface area contributed by atoms with Crippen LogP contribution in [-0.4, -0.2) is 11.9 Å². The van der Waals surface area contributed by atoms with Crippen molar-refractivity contribution in [2.24, 2.45) is 0 Å². The van der Waals surface area contributed by atoms with Crippen molar-refractivity contribution in [3.63, 3.8) is 0 Å². The summed E-state index contributed by atoms with van der Waals surface area (Å²) >= 11 is 1.59. The van der Waals surface area contributed by atoms with Crippen LogP contribution in [0.15, 0.2) is 95.9 Å². The summed E-state index contributed by atoms with van der Waals surface area (Å²) < 4.78 is 0. The van der Waals surface area contributed by atoms with Crippen LogP contribution in [0.1, 0.15) is 29.7 Å². The Hall–Kier alpha value is -2.52. The summed E-state index contributed by atoms with van der Waals surface area (Å²) in [6.45, 7) is 2.08. The molecule has 0 fully saturated rings. The van der Waals surface area contributed by atoms with Crippen LogP contribution in [0.25, 0.3) is 0 Å². The summed E-state index contributed by atoms with van der Waals surface area (Å²) in [5, 5.41) is 2.95. The van der Waals surface area contributed by atoms with Gasteiger partial charge < -0.3 is 5.32 Å². The highest BCUT2D eigenvalue weighted by molar-refractivity contribution is 8.00. The Kier molecular flexibility index (Phi) is 7.11. The minimum atomic E-state index is -0.257. The molecule has 138 valence electrons. The molecule has 3 heteroatoms. The Labute approximate surface area is 166 Å². The van der Waals surface area contributed by atoms with E-state index in [-0.39, 0.29) is 17.2 Å². The third kappa shape index (κ3) is 6.00. The van der Waals surface area contributed by atoms with E-state index < -0.39 is 0 Å². The predicted octanol–water partition coefficient (Wildman–Crippen LogP) is 5.66. The van der Waals surface area contributed by atoms with Gasteiger partial charge in [-0.25, -0.2) is 0 Å². The molecule has 0 spiro atoms. The quantitative estimate of drug-likeness (QED) is 0.515. The number of amides is 1. The highest BCUT2D eigenvalue weighted by Gasteiger charge is 2.23. The topological polar surface area (TPSA) is 29.1 Å². The molecule has 3 aromatic rings. The number of aryl methyl sites for hydroxylation is 1. The molecule has 0 radical (unpaired) electrons. The van der Waals surface area contributed by atoms with Gasteiger partial charge in [0.2, 0.25) is 5.91 Å². The first-order chi connectivity index (χ1) is 13.2. The lowest BCUT2D eigenvalue weighted by Gasteiger charge is -2.20. The van der Waals surface area contributed by atoms with Crippen LogP contribution < -0.4 is 5.32 Å². The highest BCUT2D eigenvalue weighted by Crippen LogP contribution is 2.35. The molecule has 27 heavy (non-hydrogen) atoms. The maximum atomic E-state index is 13.0. The van der Waals surface area contributed by atoms with E-state index in [2.05, 4.69) is 36.5 Å². The van der Waals surface area contributed by atoms with Gasteiger partial charge in [0.05, 0.1) is 0 Å². The average molecular weight is 376 g/mol. The molecule has 0 aliphatic rings. The van der Waals surface area contributed by atoms with Crippen LogP contribution in [0, 0.1) is 0 Å². The molecular formula is C24H25NOS. The maximum absolute atomic E-state index is 13.0. The van der Waals surface area contributed by atoms with Gasteiger partial charge in [-0.15, -0.1) is 11.8 Å². The lowest BCUT2D eigenvalue weighted by molar-refractivity contribution is -0.121. The van der Waals surface area contributed by atoms with Crippen LogP contribution in [0.4, 0.5) is 0 Å². The van der Waals surface area contributed by atoms with E-state index in [9.17, 15) is 4.79 Å². The molecule has 0 heterocycles. The number of hydrogen-bond donors (Lipinski definition) is 1. The molecule has 3 aromatic carbocycles. The van der Waals surface area contributed by atoms with Gasteiger partial charge in [0.15, 0.2) is 0 Å². The van der Waals surface area contributed by atoms with Gasteiger partial charge in [-0.2, -0.15) is 0 Å². The van der Waals surface area contributed by atoms with Crippen molar-refractivity contribution in [2.45, 2.75) is 36.0 Å². The molecule has 0 aliphatic carbocycles. The molecule has 0 saturated carbocycles. The Balaban J connectivity index is 1.65. The van der Waals surface area contributed by atoms with Crippen LogP contribution >= 0.6 is 11.8 Å². The van der Waals surface area contributed by atoms with Crippen LogP contribution in [0.3, 0.4) is 0 Å². The van der Waals surface area contributed by atoms with Crippen LogP contribution in [-0.2, 0) is 11.2 Å². The largest absolute Gasteiger partial charge is 0.352 e. The average Bonchev–Trinajstić information content (AvgIpc) is 2.72. The first-order valence-electron chi connectivity index (χ1n) is 9.33. The number of benzene rings is 3. The fourth-order valence-electron chi connectivity index (χ4n) is 2.95. The lowest BCUT2D eigenvalue weighted by atomic mass is 10.1. The van der Waals surface area contributed by atoms with E-state index in [1.807, 2.05) is 66.7 Å². The molecule has 1 N–H and O–H groups in total. The summed E-state index contributed by atoms with van der Waals surface area (Å²) in [6, 6.07) is 30.6. The number of nitrogens with one attached hydrogen (secondary N) is 1. The normalized spacial score (nSPS) is 12.9. The fraction of sp³-hybridized carbons (Fsp3) is 0.208. The Bertz CT molecular complexity index is 821. The van der Waals surface area contributed by atoms with E-state index >= 15 is 0 Å². The van der Waals surface area contributed by atoms with Gasteiger partial charge >= 0.3 is 0 Å². The number of thioether (sulfide) groups is 1. The van der Waals surface area contributed by atoms with E-state index in [0.717, 1.165) is 23.3 Å². The monoisotopic (exact) mass is 375 g/mol. The molecule has 1 amide bonds. The molecular weight excluding hydrogens is 350 g/mol. The van der Waals surface area contributed by atoms with Crippen molar-refractivity contribution in [3.05, 3.63) is 102 Å². The van der Waals surface area contributed by atoms with Crippen LogP contribution in [0.2, 0.25) is 0 Å². The van der Waals surface area contributed by atoms with Crippen LogP contribution in [0.5, 0.6) is 0 Å². The van der Waals surface area contributed by atoms with Gasteiger partial charge in [-0.1, -0.05) is 78.9 Å². The molecule has 0 saturated heterocycles. The number of rotatable bonds is 8. The van der Waals surface area contributed by atoms with Crippen molar-refractivity contribution in [1.29, 1.82) is 0 Å². The zero-order valence-corrected chi connectivity index (χ0v) is 16.4. The maximum Gasteiger partial charge on any atom is 0.238 e. The predicted molar refractivity (Wildman–Crippen MR) is 114 cm³/mol.